The summed E-state index contributed by atoms with van der Waals surface area (Å²) < 4.78 is 83.7. The molecule has 1 N–H and O–H groups in total. The van der Waals surface area contributed by atoms with Gasteiger partial charge in [0.25, 0.3) is 0 Å². The summed E-state index contributed by atoms with van der Waals surface area (Å²) in [4.78, 5) is 0. The van der Waals surface area contributed by atoms with Crippen LogP contribution < -0.4 is 10.2 Å². The van der Waals surface area contributed by atoms with Gasteiger partial charge in [-0.05, 0) is 24.3 Å². The van der Waals surface area contributed by atoms with Gasteiger partial charge in [0.2, 0.25) is 5.71 Å². The molecule has 11 heteroatoms. The van der Waals surface area contributed by atoms with Gasteiger partial charge in [0.05, 0.1) is 11.3 Å². The van der Waals surface area contributed by atoms with Crippen molar-refractivity contribution in [3.05, 3.63) is 53.3 Å². The van der Waals surface area contributed by atoms with E-state index < -0.39 is 46.4 Å². The van der Waals surface area contributed by atoms with Crippen LogP contribution in [0.25, 0.3) is 0 Å². The molecule has 0 fully saturated rings. The van der Waals surface area contributed by atoms with Gasteiger partial charge in [-0.15, -0.1) is 0 Å². The fraction of sp³-hybridized carbons (Fsp3) is 0.0625. The Hall–Kier alpha value is -3.73. The average Bonchev–Trinajstić information content (AvgIpc) is 2.60. The predicted molar refractivity (Wildman–Crippen MR) is 80.1 cm³/mol. The zero-order valence-corrected chi connectivity index (χ0v) is 12.9. The highest BCUT2D eigenvalue weighted by Crippen LogP contribution is 2.36. The van der Waals surface area contributed by atoms with Crippen LogP contribution in [0.4, 0.5) is 32.0 Å². The Morgan fingerprint density at radius 1 is 0.963 bits per heavy atom. The number of halogens is 6. The first-order valence-corrected chi connectivity index (χ1v) is 6.83. The van der Waals surface area contributed by atoms with Crippen LogP contribution in [-0.2, 0) is 6.18 Å². The molecule has 0 saturated carbocycles. The summed E-state index contributed by atoms with van der Waals surface area (Å²) in [7, 11) is 0. The third-order valence-corrected chi connectivity index (χ3v) is 2.98. The van der Waals surface area contributed by atoms with E-state index in [1.54, 1.807) is 0 Å². The standard InChI is InChI=1S/C16H6F6N4O/c17-11-2-1-9(25-26-10(6-23)7-24)5-14(11)27-15-12(18)3-8(4-13(15)19)16(20,21)22/h1-5,25H. The molecular weight excluding hydrogens is 378 g/mol. The van der Waals surface area contributed by atoms with E-state index in [2.05, 4.69) is 10.5 Å². The Labute approximate surface area is 147 Å². The summed E-state index contributed by atoms with van der Waals surface area (Å²) in [6.07, 6.45) is -4.98. The Bertz CT molecular complexity index is 949. The highest BCUT2D eigenvalue weighted by Gasteiger charge is 2.33. The van der Waals surface area contributed by atoms with Crippen molar-refractivity contribution >= 4 is 11.4 Å². The molecule has 0 heterocycles. The molecule has 0 saturated heterocycles. The van der Waals surface area contributed by atoms with Crippen molar-refractivity contribution in [2.45, 2.75) is 6.18 Å². The van der Waals surface area contributed by atoms with Crippen LogP contribution in [0.5, 0.6) is 11.5 Å². The molecule has 5 nitrogen and oxygen atoms in total. The van der Waals surface area contributed by atoms with Crippen molar-refractivity contribution in [1.29, 1.82) is 10.5 Å². The fourth-order valence-electron chi connectivity index (χ4n) is 1.78. The minimum atomic E-state index is -4.98. The van der Waals surface area contributed by atoms with Gasteiger partial charge < -0.3 is 4.74 Å². The number of nitriles is 2. The van der Waals surface area contributed by atoms with Crippen molar-refractivity contribution in [2.24, 2.45) is 5.10 Å². The number of hydrogen-bond acceptors (Lipinski definition) is 5. The van der Waals surface area contributed by atoms with Gasteiger partial charge in [-0.3, -0.25) is 5.43 Å². The van der Waals surface area contributed by atoms with Crippen LogP contribution in [0.15, 0.2) is 35.4 Å². The van der Waals surface area contributed by atoms with E-state index in [4.69, 9.17) is 15.3 Å². The van der Waals surface area contributed by atoms with Crippen LogP contribution in [0.2, 0.25) is 0 Å². The zero-order chi connectivity index (χ0) is 20.2. The number of nitrogens with zero attached hydrogens (tertiary/aromatic N) is 3. The number of ether oxygens (including phenoxy) is 1. The van der Waals surface area contributed by atoms with Crippen molar-refractivity contribution in [3.63, 3.8) is 0 Å². The number of anilines is 1. The summed E-state index contributed by atoms with van der Waals surface area (Å²) in [5.74, 6) is -6.42. The maximum absolute atomic E-state index is 13.8. The molecule has 2 aromatic rings. The summed E-state index contributed by atoms with van der Waals surface area (Å²) in [5.41, 5.74) is 0.0649. The van der Waals surface area contributed by atoms with Crippen LogP contribution in [0.1, 0.15) is 5.56 Å². The largest absolute Gasteiger partial charge is 0.448 e. The molecular formula is C16H6F6N4O. The highest BCUT2D eigenvalue weighted by molar-refractivity contribution is 6.10. The second-order valence-corrected chi connectivity index (χ2v) is 4.81. The summed E-state index contributed by atoms with van der Waals surface area (Å²) >= 11 is 0. The molecule has 27 heavy (non-hydrogen) atoms. The van der Waals surface area contributed by atoms with Gasteiger partial charge >= 0.3 is 6.18 Å². The topological polar surface area (TPSA) is 81.2 Å². The van der Waals surface area contributed by atoms with E-state index in [9.17, 15) is 26.3 Å². The van der Waals surface area contributed by atoms with Gasteiger partial charge in [-0.25, -0.2) is 13.2 Å². The highest BCUT2D eigenvalue weighted by atomic mass is 19.4. The van der Waals surface area contributed by atoms with Crippen LogP contribution in [0.3, 0.4) is 0 Å². The third kappa shape index (κ3) is 4.67. The number of hydrogen-bond donors (Lipinski definition) is 1. The lowest BCUT2D eigenvalue weighted by molar-refractivity contribution is -0.138. The molecule has 0 atom stereocenters. The first-order valence-electron chi connectivity index (χ1n) is 6.83. The first kappa shape index (κ1) is 19.6. The Balaban J connectivity index is 2.36. The van der Waals surface area contributed by atoms with Gasteiger partial charge in [0.15, 0.2) is 29.0 Å². The summed E-state index contributed by atoms with van der Waals surface area (Å²) in [6, 6.07) is 5.71. The van der Waals surface area contributed by atoms with Crippen molar-refractivity contribution in [1.82, 2.24) is 0 Å². The van der Waals surface area contributed by atoms with E-state index in [1.807, 2.05) is 0 Å². The molecule has 2 rings (SSSR count). The Kier molecular flexibility index (Phi) is 5.56. The van der Waals surface area contributed by atoms with Gasteiger partial charge in [-0.2, -0.15) is 28.8 Å². The number of benzene rings is 2. The Morgan fingerprint density at radius 2 is 1.56 bits per heavy atom. The summed E-state index contributed by atoms with van der Waals surface area (Å²) in [6.45, 7) is 0. The lowest BCUT2D eigenvalue weighted by Crippen LogP contribution is -2.07. The van der Waals surface area contributed by atoms with Gasteiger partial charge in [0.1, 0.15) is 12.1 Å². The Morgan fingerprint density at radius 3 is 2.07 bits per heavy atom. The van der Waals surface area contributed by atoms with Crippen molar-refractivity contribution < 1.29 is 31.1 Å². The molecule has 0 aliphatic heterocycles. The van der Waals surface area contributed by atoms with E-state index in [0.29, 0.717) is 0 Å². The molecule has 0 amide bonds. The third-order valence-electron chi connectivity index (χ3n) is 2.98. The van der Waals surface area contributed by atoms with E-state index >= 15 is 0 Å². The molecule has 0 spiro atoms. The molecule has 0 bridgehead atoms. The van der Waals surface area contributed by atoms with Crippen LogP contribution >= 0.6 is 0 Å². The van der Waals surface area contributed by atoms with Gasteiger partial charge in [0, 0.05) is 6.07 Å². The van der Waals surface area contributed by atoms with Crippen LogP contribution in [0, 0.1) is 40.1 Å². The molecule has 0 radical (unpaired) electrons. The van der Waals surface area contributed by atoms with Crippen molar-refractivity contribution in [3.8, 4) is 23.6 Å². The number of hydrazone groups is 1. The number of nitrogens with one attached hydrogen (secondary N) is 1. The van der Waals surface area contributed by atoms with E-state index in [0.717, 1.165) is 18.2 Å². The normalized spacial score (nSPS) is 10.5. The predicted octanol–water partition coefficient (Wildman–Crippen LogP) is 4.73. The molecule has 0 aromatic heterocycles. The first-order chi connectivity index (χ1) is 12.7. The molecule has 0 aliphatic carbocycles. The fourth-order valence-corrected chi connectivity index (χ4v) is 1.78. The summed E-state index contributed by atoms with van der Waals surface area (Å²) in [5, 5.41) is 20.5. The molecule has 138 valence electrons. The van der Waals surface area contributed by atoms with Gasteiger partial charge in [-0.1, -0.05) is 0 Å². The zero-order valence-electron chi connectivity index (χ0n) is 12.9. The van der Waals surface area contributed by atoms with E-state index in [-0.39, 0.29) is 17.8 Å². The maximum Gasteiger partial charge on any atom is 0.416 e. The number of rotatable bonds is 4. The average molecular weight is 384 g/mol. The lowest BCUT2D eigenvalue weighted by atomic mass is 10.2. The maximum atomic E-state index is 13.8. The van der Waals surface area contributed by atoms with Crippen molar-refractivity contribution in [2.75, 3.05) is 5.43 Å². The quantitative estimate of drug-likeness (QED) is 0.469. The number of alkyl halides is 3. The molecule has 2 aromatic carbocycles. The monoisotopic (exact) mass is 384 g/mol. The second kappa shape index (κ2) is 7.66. The molecule has 0 unspecified atom stereocenters. The minimum Gasteiger partial charge on any atom is -0.448 e. The minimum absolute atomic E-state index is 0.00876. The molecule has 0 aliphatic rings. The lowest BCUT2D eigenvalue weighted by Gasteiger charge is -2.12. The van der Waals surface area contributed by atoms with E-state index in [1.165, 1.54) is 12.1 Å². The SMILES string of the molecule is N#CC(C#N)=NNc1ccc(F)c(Oc2c(F)cc(C(F)(F)F)cc2F)c1. The second-order valence-electron chi connectivity index (χ2n) is 4.81. The van der Waals surface area contributed by atoms with Crippen LogP contribution in [-0.4, -0.2) is 5.71 Å². The smallest absolute Gasteiger partial charge is 0.416 e.